The highest BCUT2D eigenvalue weighted by Gasteiger charge is 2.47. The number of aryl methyl sites for hydroxylation is 1. The molecule has 0 aliphatic carbocycles. The van der Waals surface area contributed by atoms with E-state index in [2.05, 4.69) is 0 Å². The molecule has 1 unspecified atom stereocenters. The molecule has 0 saturated carbocycles. The Morgan fingerprint density at radius 2 is 1.69 bits per heavy atom. The largest absolute Gasteiger partial charge is 0.507 e. The van der Waals surface area contributed by atoms with E-state index in [9.17, 15) is 14.7 Å². The fourth-order valence-corrected chi connectivity index (χ4v) is 4.31. The van der Waals surface area contributed by atoms with Crippen molar-refractivity contribution in [3.8, 4) is 11.5 Å². The summed E-state index contributed by atoms with van der Waals surface area (Å²) < 4.78 is 11.2. The van der Waals surface area contributed by atoms with Crippen LogP contribution in [0.5, 0.6) is 11.5 Å². The fourth-order valence-electron chi connectivity index (χ4n) is 4.13. The molecule has 6 nitrogen and oxygen atoms in total. The van der Waals surface area contributed by atoms with Crippen molar-refractivity contribution in [2.45, 2.75) is 26.8 Å². The number of hydrogen-bond donors (Lipinski definition) is 1. The first-order valence-electron chi connectivity index (χ1n) is 11.4. The van der Waals surface area contributed by atoms with E-state index in [1.807, 2.05) is 32.9 Å². The number of aliphatic hydroxyl groups excluding tert-OH is 1. The summed E-state index contributed by atoms with van der Waals surface area (Å²) in [4.78, 5) is 28.1. The maximum absolute atomic E-state index is 13.3. The smallest absolute Gasteiger partial charge is 0.300 e. The van der Waals surface area contributed by atoms with Gasteiger partial charge in [0, 0.05) is 11.3 Å². The quantitative estimate of drug-likeness (QED) is 0.246. The Morgan fingerprint density at radius 1 is 0.971 bits per heavy atom. The zero-order chi connectivity index (χ0) is 25.1. The molecule has 3 aromatic carbocycles. The Kier molecular flexibility index (Phi) is 7.12. The van der Waals surface area contributed by atoms with Gasteiger partial charge < -0.3 is 14.6 Å². The summed E-state index contributed by atoms with van der Waals surface area (Å²) >= 11 is 6.21. The Hall–Kier alpha value is -3.77. The number of carbonyl (C=O) groups excluding carboxylic acids is 2. The van der Waals surface area contributed by atoms with E-state index < -0.39 is 17.7 Å². The number of benzene rings is 3. The Balaban J connectivity index is 1.93. The van der Waals surface area contributed by atoms with E-state index in [-0.39, 0.29) is 11.3 Å². The molecule has 0 spiro atoms. The number of rotatable bonds is 7. The van der Waals surface area contributed by atoms with Crippen LogP contribution in [0.25, 0.3) is 5.76 Å². The van der Waals surface area contributed by atoms with Crippen LogP contribution in [-0.4, -0.2) is 30.0 Å². The van der Waals surface area contributed by atoms with Crippen LogP contribution in [0.4, 0.5) is 5.69 Å². The molecular weight excluding hydrogens is 466 g/mol. The van der Waals surface area contributed by atoms with Gasteiger partial charge in [0.05, 0.1) is 29.9 Å². The number of anilines is 1. The van der Waals surface area contributed by atoms with Crippen LogP contribution in [0, 0.1) is 6.92 Å². The van der Waals surface area contributed by atoms with Gasteiger partial charge in [0.2, 0.25) is 0 Å². The molecular formula is C28H26ClNO5. The second-order valence-corrected chi connectivity index (χ2v) is 8.50. The highest BCUT2D eigenvalue weighted by molar-refractivity contribution is 6.51. The van der Waals surface area contributed by atoms with Crippen LogP contribution in [0.3, 0.4) is 0 Å². The maximum atomic E-state index is 13.3. The lowest BCUT2D eigenvalue weighted by atomic mass is 9.95. The van der Waals surface area contributed by atoms with Crippen LogP contribution in [0.15, 0.2) is 72.3 Å². The molecule has 1 saturated heterocycles. The number of hydrogen-bond acceptors (Lipinski definition) is 5. The zero-order valence-corrected chi connectivity index (χ0v) is 20.5. The highest BCUT2D eigenvalue weighted by atomic mass is 35.5. The SMILES string of the molecule is CCOc1cccc(C2/C(=C(/O)c3ccc(Cl)c(OCC)c3)C(=O)C(=O)N2c2ccc(C)cc2)c1. The highest BCUT2D eigenvalue weighted by Crippen LogP contribution is 2.43. The third-order valence-corrected chi connectivity index (χ3v) is 6.06. The van der Waals surface area contributed by atoms with Gasteiger partial charge in [-0.25, -0.2) is 0 Å². The summed E-state index contributed by atoms with van der Waals surface area (Å²) in [5.41, 5.74) is 2.51. The molecule has 35 heavy (non-hydrogen) atoms. The van der Waals surface area contributed by atoms with Crippen molar-refractivity contribution < 1.29 is 24.2 Å². The van der Waals surface area contributed by atoms with Crippen LogP contribution in [0.1, 0.15) is 36.6 Å². The summed E-state index contributed by atoms with van der Waals surface area (Å²) in [6.45, 7) is 6.48. The lowest BCUT2D eigenvalue weighted by Gasteiger charge is -2.26. The number of ether oxygens (including phenoxy) is 2. The Labute approximate surface area is 209 Å². The molecule has 0 radical (unpaired) electrons. The van der Waals surface area contributed by atoms with Gasteiger partial charge in [-0.3, -0.25) is 14.5 Å². The van der Waals surface area contributed by atoms with E-state index in [4.69, 9.17) is 21.1 Å². The third kappa shape index (κ3) is 4.75. The maximum Gasteiger partial charge on any atom is 0.300 e. The zero-order valence-electron chi connectivity index (χ0n) is 19.7. The minimum absolute atomic E-state index is 0.0194. The number of halogens is 1. The first kappa shape index (κ1) is 24.4. The van der Waals surface area contributed by atoms with Crippen LogP contribution in [-0.2, 0) is 9.59 Å². The van der Waals surface area contributed by atoms with Gasteiger partial charge in [0.15, 0.2) is 0 Å². The standard InChI is InChI=1S/C28H26ClNO5/c1-4-34-21-8-6-7-18(15-21)25-24(26(31)19-11-14-22(29)23(16-19)35-5-2)27(32)28(33)30(25)20-12-9-17(3)10-13-20/h6-16,25,31H,4-5H2,1-3H3/b26-24-. The molecule has 1 aliphatic heterocycles. The van der Waals surface area contributed by atoms with Gasteiger partial charge in [-0.05, 0) is 68.8 Å². The van der Waals surface area contributed by atoms with Crippen molar-refractivity contribution in [1.29, 1.82) is 0 Å². The topological polar surface area (TPSA) is 76.1 Å². The predicted molar refractivity (Wildman–Crippen MR) is 136 cm³/mol. The van der Waals surface area contributed by atoms with Crippen molar-refractivity contribution >= 4 is 34.7 Å². The summed E-state index contributed by atoms with van der Waals surface area (Å²) in [5, 5.41) is 11.7. The van der Waals surface area contributed by atoms with E-state index in [1.54, 1.807) is 54.6 Å². The molecule has 1 fully saturated rings. The lowest BCUT2D eigenvalue weighted by molar-refractivity contribution is -0.132. The number of aliphatic hydroxyl groups is 1. The number of amides is 1. The summed E-state index contributed by atoms with van der Waals surface area (Å²) in [7, 11) is 0. The van der Waals surface area contributed by atoms with Crippen molar-refractivity contribution in [2.75, 3.05) is 18.1 Å². The minimum Gasteiger partial charge on any atom is -0.507 e. The van der Waals surface area contributed by atoms with Gasteiger partial charge in [-0.1, -0.05) is 41.4 Å². The molecule has 3 aromatic rings. The Morgan fingerprint density at radius 3 is 2.37 bits per heavy atom. The number of nitrogens with zero attached hydrogens (tertiary/aromatic N) is 1. The van der Waals surface area contributed by atoms with Gasteiger partial charge in [-0.2, -0.15) is 0 Å². The lowest BCUT2D eigenvalue weighted by Crippen LogP contribution is -2.29. The molecule has 4 rings (SSSR count). The number of carbonyl (C=O) groups is 2. The fraction of sp³-hybridized carbons (Fsp3) is 0.214. The van der Waals surface area contributed by atoms with E-state index >= 15 is 0 Å². The van der Waals surface area contributed by atoms with Crippen molar-refractivity contribution in [3.05, 3.63) is 94.0 Å². The van der Waals surface area contributed by atoms with E-state index in [1.165, 1.54) is 4.90 Å². The number of Topliss-reactive ketones (excluding diaryl/α,β-unsaturated/α-hetero) is 1. The van der Waals surface area contributed by atoms with Crippen LogP contribution < -0.4 is 14.4 Å². The molecule has 1 N–H and O–H groups in total. The first-order chi connectivity index (χ1) is 16.8. The van der Waals surface area contributed by atoms with Crippen molar-refractivity contribution in [1.82, 2.24) is 0 Å². The average Bonchev–Trinajstić information content (AvgIpc) is 3.11. The monoisotopic (exact) mass is 491 g/mol. The van der Waals surface area contributed by atoms with Gasteiger partial charge in [0.25, 0.3) is 11.7 Å². The normalized spacial score (nSPS) is 17.0. The first-order valence-corrected chi connectivity index (χ1v) is 11.8. The summed E-state index contributed by atoms with van der Waals surface area (Å²) in [6, 6.07) is 18.4. The molecule has 1 heterocycles. The van der Waals surface area contributed by atoms with Gasteiger partial charge in [-0.15, -0.1) is 0 Å². The average molecular weight is 492 g/mol. The van der Waals surface area contributed by atoms with Crippen LogP contribution in [0.2, 0.25) is 5.02 Å². The predicted octanol–water partition coefficient (Wildman–Crippen LogP) is 6.07. The molecule has 0 aromatic heterocycles. The summed E-state index contributed by atoms with van der Waals surface area (Å²) in [5.74, 6) is -0.822. The molecule has 1 atom stereocenters. The molecule has 1 aliphatic rings. The minimum atomic E-state index is -0.857. The van der Waals surface area contributed by atoms with Crippen molar-refractivity contribution in [2.24, 2.45) is 0 Å². The summed E-state index contributed by atoms with van der Waals surface area (Å²) in [6.07, 6.45) is 0. The molecule has 7 heteroatoms. The second kappa shape index (κ2) is 10.2. The van der Waals surface area contributed by atoms with Gasteiger partial charge >= 0.3 is 0 Å². The molecule has 1 amide bonds. The van der Waals surface area contributed by atoms with Crippen molar-refractivity contribution in [3.63, 3.8) is 0 Å². The number of ketones is 1. The van der Waals surface area contributed by atoms with E-state index in [0.717, 1.165) is 5.56 Å². The van der Waals surface area contributed by atoms with Crippen LogP contribution >= 0.6 is 11.6 Å². The third-order valence-electron chi connectivity index (χ3n) is 5.75. The van der Waals surface area contributed by atoms with E-state index in [0.29, 0.717) is 46.5 Å². The molecule has 0 bridgehead atoms. The van der Waals surface area contributed by atoms with Gasteiger partial charge in [0.1, 0.15) is 17.3 Å². The second-order valence-electron chi connectivity index (χ2n) is 8.09. The molecule has 180 valence electrons. The Bertz CT molecular complexity index is 1300.